The van der Waals surface area contributed by atoms with E-state index in [0.717, 1.165) is 0 Å². The molecule has 0 radical (unpaired) electrons. The van der Waals surface area contributed by atoms with Gasteiger partial charge in [0.1, 0.15) is 5.75 Å². The first-order valence-electron chi connectivity index (χ1n) is 5.29. The number of phenols is 1. The Labute approximate surface area is 105 Å². The summed E-state index contributed by atoms with van der Waals surface area (Å²) in [7, 11) is 0. The fraction of sp³-hybridized carbons (Fsp3) is 0. The summed E-state index contributed by atoms with van der Waals surface area (Å²) >= 11 is 0. The van der Waals surface area contributed by atoms with Gasteiger partial charge in [0.15, 0.2) is 0 Å². The predicted octanol–water partition coefficient (Wildman–Crippen LogP) is 1.55. The molecule has 1 aliphatic rings. The third-order valence-electron chi connectivity index (χ3n) is 2.99. The number of carboxylic acid groups (broad SMARTS) is 1. The maximum absolute atomic E-state index is 11.6. The van der Waals surface area contributed by atoms with Gasteiger partial charge < -0.3 is 14.9 Å². The van der Waals surface area contributed by atoms with Gasteiger partial charge in [0.25, 0.3) is 0 Å². The molecule has 0 aromatic heterocycles. The van der Waals surface area contributed by atoms with Crippen molar-refractivity contribution in [1.29, 1.82) is 0 Å². The molecule has 0 saturated carbocycles. The molecule has 3 rings (SSSR count). The van der Waals surface area contributed by atoms with Crippen LogP contribution in [0.25, 0.3) is 10.8 Å². The van der Waals surface area contributed by atoms with Crippen LogP contribution in [-0.2, 0) is 4.74 Å². The summed E-state index contributed by atoms with van der Waals surface area (Å²) < 4.78 is 4.54. The molecule has 6 heteroatoms. The zero-order valence-electron chi connectivity index (χ0n) is 9.34. The molecule has 2 aromatic carbocycles. The Kier molecular flexibility index (Phi) is 2.10. The second kappa shape index (κ2) is 3.55. The Balaban J connectivity index is 2.58. The zero-order chi connectivity index (χ0) is 13.7. The summed E-state index contributed by atoms with van der Waals surface area (Å²) in [5.41, 5.74) is -0.0587. The van der Waals surface area contributed by atoms with E-state index >= 15 is 0 Å². The van der Waals surface area contributed by atoms with Gasteiger partial charge >= 0.3 is 17.9 Å². The van der Waals surface area contributed by atoms with Crippen LogP contribution in [0.1, 0.15) is 31.1 Å². The maximum atomic E-state index is 11.6. The van der Waals surface area contributed by atoms with Crippen molar-refractivity contribution in [2.24, 2.45) is 0 Å². The second-order valence-electron chi connectivity index (χ2n) is 4.03. The lowest BCUT2D eigenvalue weighted by Gasteiger charge is -2.17. The lowest BCUT2D eigenvalue weighted by Crippen LogP contribution is -2.20. The Hall–Kier alpha value is -2.89. The molecule has 0 unspecified atom stereocenters. The van der Waals surface area contributed by atoms with E-state index in [2.05, 4.69) is 4.74 Å². The van der Waals surface area contributed by atoms with Crippen molar-refractivity contribution >= 4 is 28.7 Å². The molecule has 0 atom stereocenters. The van der Waals surface area contributed by atoms with Crippen LogP contribution in [0.3, 0.4) is 0 Å². The average Bonchev–Trinajstić information content (AvgIpc) is 2.36. The fourth-order valence-corrected chi connectivity index (χ4v) is 2.19. The van der Waals surface area contributed by atoms with Crippen molar-refractivity contribution in [2.75, 3.05) is 0 Å². The third kappa shape index (κ3) is 1.40. The van der Waals surface area contributed by atoms with Crippen LogP contribution < -0.4 is 0 Å². The molecule has 2 aromatic rings. The number of ether oxygens (including phenoxy) is 1. The Bertz CT molecular complexity index is 754. The Morgan fingerprint density at radius 1 is 0.947 bits per heavy atom. The number of hydrogen-bond donors (Lipinski definition) is 2. The highest BCUT2D eigenvalue weighted by Gasteiger charge is 2.30. The number of carbonyl (C=O) groups is 3. The van der Waals surface area contributed by atoms with Crippen molar-refractivity contribution in [3.8, 4) is 5.75 Å². The van der Waals surface area contributed by atoms with E-state index in [9.17, 15) is 19.5 Å². The largest absolute Gasteiger partial charge is 0.507 e. The van der Waals surface area contributed by atoms with Crippen LogP contribution in [-0.4, -0.2) is 28.1 Å². The first-order chi connectivity index (χ1) is 9.00. The molecule has 0 amide bonds. The van der Waals surface area contributed by atoms with Gasteiger partial charge in [0, 0.05) is 10.8 Å². The minimum absolute atomic E-state index is 0.0347. The van der Waals surface area contributed by atoms with Gasteiger partial charge in [-0.15, -0.1) is 0 Å². The van der Waals surface area contributed by atoms with E-state index in [4.69, 9.17) is 5.11 Å². The molecule has 0 fully saturated rings. The van der Waals surface area contributed by atoms with Gasteiger partial charge in [0.2, 0.25) is 0 Å². The van der Waals surface area contributed by atoms with E-state index < -0.39 is 17.9 Å². The summed E-state index contributed by atoms with van der Waals surface area (Å²) in [5.74, 6) is -3.28. The van der Waals surface area contributed by atoms with Crippen LogP contribution >= 0.6 is 0 Å². The number of cyclic esters (lactones) is 2. The average molecular weight is 258 g/mol. The Morgan fingerprint density at radius 2 is 1.53 bits per heavy atom. The lowest BCUT2D eigenvalue weighted by molar-refractivity contribution is 0.0390. The van der Waals surface area contributed by atoms with E-state index in [1.165, 1.54) is 24.3 Å². The topological polar surface area (TPSA) is 101 Å². The summed E-state index contributed by atoms with van der Waals surface area (Å²) in [6, 6.07) is 4.95. The number of rotatable bonds is 1. The van der Waals surface area contributed by atoms with E-state index in [1.807, 2.05) is 0 Å². The number of esters is 2. The van der Waals surface area contributed by atoms with Gasteiger partial charge in [0.05, 0.1) is 16.7 Å². The number of benzene rings is 2. The molecule has 19 heavy (non-hydrogen) atoms. The molecule has 6 nitrogen and oxygen atoms in total. The van der Waals surface area contributed by atoms with Gasteiger partial charge in [-0.3, -0.25) is 0 Å². The fourth-order valence-electron chi connectivity index (χ4n) is 2.19. The van der Waals surface area contributed by atoms with Gasteiger partial charge in [-0.05, 0) is 24.3 Å². The second-order valence-corrected chi connectivity index (χ2v) is 4.03. The summed E-state index contributed by atoms with van der Waals surface area (Å²) in [6.45, 7) is 0. The Morgan fingerprint density at radius 3 is 2.11 bits per heavy atom. The molecule has 0 saturated heterocycles. The van der Waals surface area contributed by atoms with Crippen LogP contribution in [0.15, 0.2) is 24.3 Å². The third-order valence-corrected chi connectivity index (χ3v) is 2.99. The lowest BCUT2D eigenvalue weighted by atomic mass is 9.93. The zero-order valence-corrected chi connectivity index (χ0v) is 9.34. The van der Waals surface area contributed by atoms with E-state index in [0.29, 0.717) is 0 Å². The molecule has 94 valence electrons. The highest BCUT2D eigenvalue weighted by Crippen LogP contribution is 2.36. The van der Waals surface area contributed by atoms with Crippen molar-refractivity contribution < 1.29 is 29.3 Å². The van der Waals surface area contributed by atoms with E-state index in [1.54, 1.807) is 0 Å². The minimum Gasteiger partial charge on any atom is -0.507 e. The number of carbonyl (C=O) groups excluding carboxylic acids is 2. The summed E-state index contributed by atoms with van der Waals surface area (Å²) in [4.78, 5) is 34.4. The first-order valence-corrected chi connectivity index (χ1v) is 5.29. The number of aromatic hydroxyl groups is 1. The molecular weight excluding hydrogens is 252 g/mol. The van der Waals surface area contributed by atoms with Crippen LogP contribution in [0.2, 0.25) is 0 Å². The summed E-state index contributed by atoms with van der Waals surface area (Å²) in [5, 5.41) is 19.0. The van der Waals surface area contributed by atoms with Crippen molar-refractivity contribution in [2.45, 2.75) is 0 Å². The molecule has 0 bridgehead atoms. The number of hydrogen-bond acceptors (Lipinski definition) is 5. The van der Waals surface area contributed by atoms with Gasteiger partial charge in [-0.2, -0.15) is 0 Å². The summed E-state index contributed by atoms with van der Waals surface area (Å²) in [6.07, 6.45) is 0. The van der Waals surface area contributed by atoms with Crippen molar-refractivity contribution in [1.82, 2.24) is 0 Å². The molecule has 1 heterocycles. The normalized spacial score (nSPS) is 13.5. The highest BCUT2D eigenvalue weighted by molar-refractivity contribution is 6.24. The minimum atomic E-state index is -1.26. The number of aromatic carboxylic acids is 1. The molecule has 2 N–H and O–H groups in total. The molecule has 0 aliphatic carbocycles. The monoisotopic (exact) mass is 258 g/mol. The van der Waals surface area contributed by atoms with Crippen molar-refractivity contribution in [3.63, 3.8) is 0 Å². The van der Waals surface area contributed by atoms with Crippen LogP contribution in [0.4, 0.5) is 0 Å². The SMILES string of the molecule is O=C(O)c1ccc2c3c(ccc(O)c13)C(=O)OC2=O. The van der Waals surface area contributed by atoms with Gasteiger partial charge in [-0.1, -0.05) is 0 Å². The standard InChI is InChI=1S/C13H6O6/c14-8-4-3-7-9-6(12(17)19-13(7)18)2-1-5(10(8)9)11(15)16/h1-4,14H,(H,15,16). The molecule has 0 spiro atoms. The first kappa shape index (κ1) is 11.2. The van der Waals surface area contributed by atoms with Crippen LogP contribution in [0.5, 0.6) is 5.75 Å². The predicted molar refractivity (Wildman–Crippen MR) is 62.3 cm³/mol. The number of carboxylic acids is 1. The quantitative estimate of drug-likeness (QED) is 0.594. The number of phenolic OH excluding ortho intramolecular Hbond substituents is 1. The van der Waals surface area contributed by atoms with Crippen molar-refractivity contribution in [3.05, 3.63) is 41.0 Å². The van der Waals surface area contributed by atoms with E-state index in [-0.39, 0.29) is 33.2 Å². The maximum Gasteiger partial charge on any atom is 0.346 e. The molecular formula is C13H6O6. The van der Waals surface area contributed by atoms with Gasteiger partial charge in [-0.25, -0.2) is 14.4 Å². The van der Waals surface area contributed by atoms with Crippen LogP contribution in [0, 0.1) is 0 Å². The smallest absolute Gasteiger partial charge is 0.346 e. The highest BCUT2D eigenvalue weighted by atomic mass is 16.6. The molecule has 1 aliphatic heterocycles.